The average molecular weight is 324 g/mol. The number of carbonyl (C=O) groups is 2. The summed E-state index contributed by atoms with van der Waals surface area (Å²) in [6.45, 7) is 7.04. The summed E-state index contributed by atoms with van der Waals surface area (Å²) < 4.78 is 0. The first-order valence-electron chi connectivity index (χ1n) is 8.11. The number of amides is 2. The van der Waals surface area contributed by atoms with E-state index in [1.807, 2.05) is 44.2 Å². The van der Waals surface area contributed by atoms with Gasteiger partial charge in [0.05, 0.1) is 0 Å². The van der Waals surface area contributed by atoms with Crippen molar-refractivity contribution < 1.29 is 9.59 Å². The van der Waals surface area contributed by atoms with Crippen LogP contribution in [0.1, 0.15) is 34.0 Å². The SMILES string of the molecule is CC(=O)N(CCNC(=O)c1ccc(C)cc1)Cc1cccc(C)c1. The highest BCUT2D eigenvalue weighted by atomic mass is 16.2. The van der Waals surface area contributed by atoms with Gasteiger partial charge in [0, 0.05) is 32.1 Å². The van der Waals surface area contributed by atoms with Crippen LogP contribution in [0, 0.1) is 13.8 Å². The standard InChI is InChI=1S/C20H24N2O2/c1-15-7-9-19(10-8-15)20(24)21-11-12-22(17(3)23)14-18-6-4-5-16(2)13-18/h4-10,13H,11-12,14H2,1-3H3,(H,21,24). The number of aryl methyl sites for hydroxylation is 2. The molecule has 2 aromatic rings. The fourth-order valence-corrected chi connectivity index (χ4v) is 2.49. The number of hydrogen-bond acceptors (Lipinski definition) is 2. The lowest BCUT2D eigenvalue weighted by atomic mass is 10.1. The van der Waals surface area contributed by atoms with Crippen LogP contribution in [-0.4, -0.2) is 29.8 Å². The van der Waals surface area contributed by atoms with Gasteiger partial charge in [-0.25, -0.2) is 0 Å². The van der Waals surface area contributed by atoms with Crippen molar-refractivity contribution in [1.82, 2.24) is 10.2 Å². The van der Waals surface area contributed by atoms with Gasteiger partial charge in [-0.2, -0.15) is 0 Å². The van der Waals surface area contributed by atoms with Crippen LogP contribution in [0.25, 0.3) is 0 Å². The Kier molecular flexibility index (Phi) is 6.13. The second-order valence-corrected chi connectivity index (χ2v) is 6.05. The van der Waals surface area contributed by atoms with Gasteiger partial charge in [-0.15, -0.1) is 0 Å². The fourth-order valence-electron chi connectivity index (χ4n) is 2.49. The highest BCUT2D eigenvalue weighted by Gasteiger charge is 2.11. The normalized spacial score (nSPS) is 10.3. The smallest absolute Gasteiger partial charge is 0.251 e. The van der Waals surface area contributed by atoms with Crippen LogP contribution >= 0.6 is 0 Å². The lowest BCUT2D eigenvalue weighted by molar-refractivity contribution is -0.129. The van der Waals surface area contributed by atoms with E-state index in [1.165, 1.54) is 5.56 Å². The summed E-state index contributed by atoms with van der Waals surface area (Å²) >= 11 is 0. The van der Waals surface area contributed by atoms with Crippen molar-refractivity contribution >= 4 is 11.8 Å². The van der Waals surface area contributed by atoms with Gasteiger partial charge >= 0.3 is 0 Å². The molecule has 0 bridgehead atoms. The van der Waals surface area contributed by atoms with Crippen molar-refractivity contribution in [1.29, 1.82) is 0 Å². The number of rotatable bonds is 6. The van der Waals surface area contributed by atoms with Gasteiger partial charge in [-0.1, -0.05) is 47.5 Å². The van der Waals surface area contributed by atoms with Crippen molar-refractivity contribution in [2.45, 2.75) is 27.3 Å². The molecule has 24 heavy (non-hydrogen) atoms. The zero-order valence-corrected chi connectivity index (χ0v) is 14.5. The summed E-state index contributed by atoms with van der Waals surface area (Å²) in [5.41, 5.74) is 4.01. The van der Waals surface area contributed by atoms with E-state index in [4.69, 9.17) is 0 Å². The molecule has 4 nitrogen and oxygen atoms in total. The molecule has 0 saturated heterocycles. The minimum Gasteiger partial charge on any atom is -0.350 e. The number of hydrogen-bond donors (Lipinski definition) is 1. The first-order chi connectivity index (χ1) is 11.5. The molecule has 0 radical (unpaired) electrons. The second kappa shape index (κ2) is 8.29. The van der Waals surface area contributed by atoms with Gasteiger partial charge < -0.3 is 10.2 Å². The molecule has 2 aromatic carbocycles. The van der Waals surface area contributed by atoms with Crippen molar-refractivity contribution in [3.63, 3.8) is 0 Å². The molecular weight excluding hydrogens is 300 g/mol. The number of nitrogens with zero attached hydrogens (tertiary/aromatic N) is 1. The average Bonchev–Trinajstić information content (AvgIpc) is 2.54. The molecule has 0 heterocycles. The molecule has 0 aliphatic rings. The van der Waals surface area contributed by atoms with Crippen LogP contribution in [0.4, 0.5) is 0 Å². The Hall–Kier alpha value is -2.62. The van der Waals surface area contributed by atoms with E-state index in [-0.39, 0.29) is 11.8 Å². The Morgan fingerprint density at radius 2 is 1.71 bits per heavy atom. The largest absolute Gasteiger partial charge is 0.350 e. The summed E-state index contributed by atoms with van der Waals surface area (Å²) in [5, 5.41) is 2.87. The maximum absolute atomic E-state index is 12.1. The molecule has 2 rings (SSSR count). The van der Waals surface area contributed by atoms with Gasteiger partial charge in [-0.05, 0) is 31.5 Å². The third-order valence-corrected chi connectivity index (χ3v) is 3.88. The third kappa shape index (κ3) is 5.23. The highest BCUT2D eigenvalue weighted by Crippen LogP contribution is 2.08. The summed E-state index contributed by atoms with van der Waals surface area (Å²) in [5.74, 6) is -0.116. The summed E-state index contributed by atoms with van der Waals surface area (Å²) in [4.78, 5) is 25.7. The Morgan fingerprint density at radius 3 is 2.33 bits per heavy atom. The molecule has 0 unspecified atom stereocenters. The molecule has 2 amide bonds. The first-order valence-corrected chi connectivity index (χ1v) is 8.11. The molecule has 0 aliphatic carbocycles. The maximum atomic E-state index is 12.1. The molecule has 0 spiro atoms. The second-order valence-electron chi connectivity index (χ2n) is 6.05. The molecule has 0 aliphatic heterocycles. The molecule has 0 atom stereocenters. The van der Waals surface area contributed by atoms with Gasteiger partial charge in [0.1, 0.15) is 0 Å². The molecular formula is C20H24N2O2. The van der Waals surface area contributed by atoms with Crippen LogP contribution in [0.15, 0.2) is 48.5 Å². The molecule has 0 fully saturated rings. The third-order valence-electron chi connectivity index (χ3n) is 3.88. The zero-order valence-electron chi connectivity index (χ0n) is 14.5. The topological polar surface area (TPSA) is 49.4 Å². The van der Waals surface area contributed by atoms with E-state index in [0.717, 1.165) is 11.1 Å². The quantitative estimate of drug-likeness (QED) is 0.888. The van der Waals surface area contributed by atoms with Gasteiger partial charge in [0.15, 0.2) is 0 Å². The zero-order chi connectivity index (χ0) is 17.5. The van der Waals surface area contributed by atoms with Crippen molar-refractivity contribution in [2.24, 2.45) is 0 Å². The minimum absolute atomic E-state index is 0.00101. The lowest BCUT2D eigenvalue weighted by Gasteiger charge is -2.21. The Labute approximate surface area is 143 Å². The van der Waals surface area contributed by atoms with Crippen LogP contribution in [-0.2, 0) is 11.3 Å². The van der Waals surface area contributed by atoms with Crippen molar-refractivity contribution in [3.8, 4) is 0 Å². The van der Waals surface area contributed by atoms with Gasteiger partial charge in [-0.3, -0.25) is 9.59 Å². The van der Waals surface area contributed by atoms with Crippen LogP contribution in [0.5, 0.6) is 0 Å². The summed E-state index contributed by atoms with van der Waals surface area (Å²) in [6.07, 6.45) is 0. The predicted octanol–water partition coefficient (Wildman–Crippen LogP) is 3.08. The highest BCUT2D eigenvalue weighted by molar-refractivity contribution is 5.94. The fraction of sp³-hybridized carbons (Fsp3) is 0.300. The maximum Gasteiger partial charge on any atom is 0.251 e. The first kappa shape index (κ1) is 17.7. The van der Waals surface area contributed by atoms with Crippen LogP contribution < -0.4 is 5.32 Å². The van der Waals surface area contributed by atoms with E-state index in [9.17, 15) is 9.59 Å². The molecule has 1 N–H and O–H groups in total. The Bertz CT molecular complexity index is 708. The van der Waals surface area contributed by atoms with E-state index in [1.54, 1.807) is 24.0 Å². The lowest BCUT2D eigenvalue weighted by Crippen LogP contribution is -2.37. The van der Waals surface area contributed by atoms with Crippen LogP contribution in [0.2, 0.25) is 0 Å². The molecule has 0 aromatic heterocycles. The van der Waals surface area contributed by atoms with E-state index >= 15 is 0 Å². The molecule has 126 valence electrons. The number of nitrogens with one attached hydrogen (secondary N) is 1. The number of carbonyl (C=O) groups excluding carboxylic acids is 2. The Morgan fingerprint density at radius 1 is 1.00 bits per heavy atom. The van der Waals surface area contributed by atoms with Gasteiger partial charge in [0.25, 0.3) is 5.91 Å². The molecule has 4 heteroatoms. The van der Waals surface area contributed by atoms with E-state index in [0.29, 0.717) is 25.2 Å². The van der Waals surface area contributed by atoms with Gasteiger partial charge in [0.2, 0.25) is 5.91 Å². The van der Waals surface area contributed by atoms with E-state index in [2.05, 4.69) is 11.4 Å². The minimum atomic E-state index is -0.117. The van der Waals surface area contributed by atoms with E-state index < -0.39 is 0 Å². The summed E-state index contributed by atoms with van der Waals surface area (Å²) in [6, 6.07) is 15.5. The van der Waals surface area contributed by atoms with Crippen molar-refractivity contribution in [2.75, 3.05) is 13.1 Å². The number of benzene rings is 2. The van der Waals surface area contributed by atoms with Crippen LogP contribution in [0.3, 0.4) is 0 Å². The molecule has 0 saturated carbocycles. The monoisotopic (exact) mass is 324 g/mol. The Balaban J connectivity index is 1.88. The summed E-state index contributed by atoms with van der Waals surface area (Å²) in [7, 11) is 0. The van der Waals surface area contributed by atoms with Crippen molar-refractivity contribution in [3.05, 3.63) is 70.8 Å². The predicted molar refractivity (Wildman–Crippen MR) is 95.8 cm³/mol.